The molecule has 0 bridgehead atoms. The summed E-state index contributed by atoms with van der Waals surface area (Å²) in [6, 6.07) is 0. The molecule has 0 aromatic rings. The van der Waals surface area contributed by atoms with E-state index < -0.39 is 55.1 Å². The van der Waals surface area contributed by atoms with Gasteiger partial charge in [0, 0.05) is 0 Å². The number of hydrogen-bond donors (Lipinski definition) is 0. The normalized spacial score (nSPS) is 26.6. The van der Waals surface area contributed by atoms with Gasteiger partial charge in [0.2, 0.25) is 0 Å². The Kier molecular flexibility index (Phi) is 5.56. The molecule has 23 heteroatoms. The summed E-state index contributed by atoms with van der Waals surface area (Å²) in [5.41, 5.74) is 0. The van der Waals surface area contributed by atoms with Gasteiger partial charge >= 0.3 is 55.1 Å². The second-order valence-electron chi connectivity index (χ2n) is 4.29. The topological polar surface area (TPSA) is 71.2 Å². The highest BCUT2D eigenvalue weighted by Gasteiger charge is 2.87. The molecule has 0 saturated carbocycles. The molecule has 0 N–H and O–H groups in total. The Bertz CT molecular complexity index is 899. The standard InChI is InChI=1S/C4F14N3O2P3S/c5-1(6,3(9,10)11)2(7,8)4(12,13)27(22,23)26(18)20-24(14,15)19-25(16,17)21-26. The Morgan fingerprint density at radius 3 is 1.30 bits per heavy atom. The average Bonchev–Trinajstić information content (AvgIpc) is 2.31. The van der Waals surface area contributed by atoms with Gasteiger partial charge in [-0.3, -0.25) is 0 Å². The first-order chi connectivity index (χ1) is 11.4. The SMILES string of the molecule is O=S(=O)(C(F)(F)C(F)(F)C(F)(F)C(F)(F)F)P1(F)=NP(F)(F)=NP(F)(F)=N1. The van der Waals surface area contributed by atoms with Crippen molar-refractivity contribution in [2.45, 2.75) is 23.3 Å². The largest absolute Gasteiger partial charge is 0.460 e. The monoisotopic (exact) mass is 513 g/mol. The van der Waals surface area contributed by atoms with E-state index in [1.54, 1.807) is 0 Å². The summed E-state index contributed by atoms with van der Waals surface area (Å²) < 4.78 is 205. The molecule has 1 heterocycles. The van der Waals surface area contributed by atoms with Crippen molar-refractivity contribution in [3.8, 4) is 0 Å². The molecule has 27 heavy (non-hydrogen) atoms. The van der Waals surface area contributed by atoms with Crippen LogP contribution in [0.2, 0.25) is 0 Å². The predicted octanol–water partition coefficient (Wildman–Crippen LogP) is 7.53. The average molecular weight is 513 g/mol. The maximum atomic E-state index is 13.9. The summed E-state index contributed by atoms with van der Waals surface area (Å²) in [5.74, 6) is -15.9. The third-order valence-corrected chi connectivity index (χ3v) is 13.0. The fraction of sp³-hybridized carbons (Fsp3) is 1.00. The number of nitrogens with zero attached hydrogens (tertiary/aromatic N) is 3. The van der Waals surface area contributed by atoms with Crippen LogP contribution in [-0.2, 0) is 9.46 Å². The zero-order chi connectivity index (χ0) is 22.1. The fourth-order valence-corrected chi connectivity index (χ4v) is 11.8. The van der Waals surface area contributed by atoms with Crippen LogP contribution in [0.1, 0.15) is 0 Å². The van der Waals surface area contributed by atoms with Crippen LogP contribution in [0.4, 0.5) is 60.5 Å². The van der Waals surface area contributed by atoms with E-state index in [4.69, 9.17) is 0 Å². The minimum absolute atomic E-state index is 1.05. The molecule has 1 aliphatic rings. The van der Waals surface area contributed by atoms with Crippen LogP contribution in [0.15, 0.2) is 13.5 Å². The Morgan fingerprint density at radius 2 is 0.963 bits per heavy atom. The van der Waals surface area contributed by atoms with Gasteiger partial charge in [0.1, 0.15) is 0 Å². The Balaban J connectivity index is 3.87. The summed E-state index contributed by atoms with van der Waals surface area (Å²) in [6.07, 6.45) is -7.54. The maximum absolute atomic E-state index is 13.9. The Labute approximate surface area is 138 Å². The molecule has 0 fully saturated rings. The van der Waals surface area contributed by atoms with E-state index in [0.29, 0.717) is 0 Å². The van der Waals surface area contributed by atoms with Crippen molar-refractivity contribution in [2.75, 3.05) is 0 Å². The van der Waals surface area contributed by atoms with Gasteiger partial charge in [-0.15, -0.1) is 30.3 Å². The van der Waals surface area contributed by atoms with Crippen LogP contribution in [0.5, 0.6) is 0 Å². The second-order valence-corrected chi connectivity index (χ2v) is 13.5. The number of halogens is 14. The number of rotatable bonds is 4. The smallest absolute Gasteiger partial charge is 0.212 e. The van der Waals surface area contributed by atoms with Crippen molar-refractivity contribution in [2.24, 2.45) is 13.5 Å². The summed E-state index contributed by atoms with van der Waals surface area (Å²) in [5, 5.41) is -7.83. The van der Waals surface area contributed by atoms with Crippen LogP contribution in [0.3, 0.4) is 0 Å². The van der Waals surface area contributed by atoms with Crippen molar-refractivity contribution < 1.29 is 68.9 Å². The molecular weight excluding hydrogens is 513 g/mol. The van der Waals surface area contributed by atoms with Gasteiger partial charge in [-0.1, -0.05) is 0 Å². The summed E-state index contributed by atoms with van der Waals surface area (Å²) >= 11 is 0. The lowest BCUT2D eigenvalue weighted by molar-refractivity contribution is -0.382. The lowest BCUT2D eigenvalue weighted by Gasteiger charge is -2.33. The minimum Gasteiger partial charge on any atom is -0.212 e. The predicted molar refractivity (Wildman–Crippen MR) is 63.4 cm³/mol. The fourth-order valence-electron chi connectivity index (χ4n) is 1.21. The van der Waals surface area contributed by atoms with Gasteiger partial charge in [0.05, 0.1) is 0 Å². The molecule has 1 rings (SSSR count). The van der Waals surface area contributed by atoms with Crippen molar-refractivity contribution in [3.05, 3.63) is 0 Å². The molecule has 1 unspecified atom stereocenters. The molecule has 0 spiro atoms. The van der Waals surface area contributed by atoms with E-state index in [1.165, 1.54) is 4.52 Å². The van der Waals surface area contributed by atoms with Gasteiger partial charge in [-0.25, -0.2) is 8.42 Å². The first-order valence-electron chi connectivity index (χ1n) is 5.22. The lowest BCUT2D eigenvalue weighted by Crippen LogP contribution is -2.62. The molecule has 1 atom stereocenters. The Morgan fingerprint density at radius 1 is 0.593 bits per heavy atom. The van der Waals surface area contributed by atoms with Crippen molar-refractivity contribution in [1.29, 1.82) is 0 Å². The molecule has 0 amide bonds. The second kappa shape index (κ2) is 6.08. The molecule has 0 radical (unpaired) electrons. The number of alkyl halides is 9. The van der Waals surface area contributed by atoms with Crippen LogP contribution in [-0.4, -0.2) is 31.7 Å². The van der Waals surface area contributed by atoms with Crippen molar-refractivity contribution >= 4 is 31.8 Å². The summed E-state index contributed by atoms with van der Waals surface area (Å²) in [7, 11) is -22.5. The zero-order valence-electron chi connectivity index (χ0n) is 11.2. The third-order valence-electron chi connectivity index (χ3n) is 2.40. The first kappa shape index (κ1) is 24.7. The summed E-state index contributed by atoms with van der Waals surface area (Å²) in [6.45, 7) is -7.85. The van der Waals surface area contributed by atoms with E-state index in [2.05, 4.69) is 0 Å². The quantitative estimate of drug-likeness (QED) is 0.288. The van der Waals surface area contributed by atoms with E-state index in [1.807, 2.05) is 0 Å². The molecule has 0 aromatic carbocycles. The molecule has 162 valence electrons. The summed E-state index contributed by atoms with van der Waals surface area (Å²) in [4.78, 5) is 0. The lowest BCUT2D eigenvalue weighted by atomic mass is 10.1. The van der Waals surface area contributed by atoms with E-state index in [0.717, 1.165) is 9.03 Å². The van der Waals surface area contributed by atoms with E-state index in [-0.39, 0.29) is 0 Å². The van der Waals surface area contributed by atoms with Crippen LogP contribution in [0, 0.1) is 0 Å². The molecule has 0 aromatic heterocycles. The van der Waals surface area contributed by atoms with Gasteiger partial charge in [0.25, 0.3) is 0 Å². The zero-order valence-corrected chi connectivity index (χ0v) is 14.7. The third kappa shape index (κ3) is 3.66. The maximum Gasteiger partial charge on any atom is 0.460 e. The van der Waals surface area contributed by atoms with Gasteiger partial charge < -0.3 is 0 Å². The Hall–Kier alpha value is -0.340. The molecule has 0 saturated heterocycles. The highest BCUT2D eigenvalue weighted by Crippen LogP contribution is 2.84. The number of hydrogen-bond acceptors (Lipinski definition) is 5. The first-order valence-corrected chi connectivity index (χ1v) is 11.8. The van der Waals surface area contributed by atoms with Crippen molar-refractivity contribution in [3.63, 3.8) is 0 Å². The van der Waals surface area contributed by atoms with Crippen LogP contribution < -0.4 is 0 Å². The molecule has 0 aliphatic carbocycles. The molecule has 1 aliphatic heterocycles. The van der Waals surface area contributed by atoms with Crippen LogP contribution >= 0.6 is 22.4 Å². The molecule has 5 nitrogen and oxygen atoms in total. The van der Waals surface area contributed by atoms with E-state index in [9.17, 15) is 68.9 Å². The highest BCUT2D eigenvalue weighted by molar-refractivity contribution is 8.52. The molecular formula is C4F14N3O2P3S. The van der Waals surface area contributed by atoms with Crippen molar-refractivity contribution in [1.82, 2.24) is 0 Å². The van der Waals surface area contributed by atoms with Crippen LogP contribution in [0.25, 0.3) is 0 Å². The minimum atomic E-state index is -8.32. The van der Waals surface area contributed by atoms with Gasteiger partial charge in [-0.05, 0) is 0 Å². The van der Waals surface area contributed by atoms with E-state index >= 15 is 0 Å². The van der Waals surface area contributed by atoms with Gasteiger partial charge in [0.15, 0.2) is 0 Å². The highest BCUT2D eigenvalue weighted by atomic mass is 32.8. The van der Waals surface area contributed by atoms with Gasteiger partial charge in [-0.2, -0.15) is 43.7 Å².